The maximum atomic E-state index is 12.5. The van der Waals surface area contributed by atoms with Crippen LogP contribution in [0.15, 0.2) is 36.5 Å². The SMILES string of the molecule is Cc1c(C(=O)NCC2CCN(c3ncccc3C#N)CC2)cccc1[N+](=O)[O-]. The summed E-state index contributed by atoms with van der Waals surface area (Å²) in [6, 6.07) is 10.2. The van der Waals surface area contributed by atoms with Crippen molar-refractivity contribution in [2.24, 2.45) is 5.92 Å². The van der Waals surface area contributed by atoms with Crippen LogP contribution in [0.3, 0.4) is 0 Å². The van der Waals surface area contributed by atoms with Gasteiger partial charge in [0.25, 0.3) is 11.6 Å². The van der Waals surface area contributed by atoms with E-state index >= 15 is 0 Å². The number of hydrogen-bond acceptors (Lipinski definition) is 6. The molecule has 144 valence electrons. The van der Waals surface area contributed by atoms with Gasteiger partial charge in [0.1, 0.15) is 11.9 Å². The number of pyridine rings is 1. The number of piperidine rings is 1. The summed E-state index contributed by atoms with van der Waals surface area (Å²) in [6.07, 6.45) is 3.43. The van der Waals surface area contributed by atoms with Gasteiger partial charge in [0, 0.05) is 43.0 Å². The Hall–Kier alpha value is -3.47. The maximum absolute atomic E-state index is 12.5. The van der Waals surface area contributed by atoms with Crippen LogP contribution in [0, 0.1) is 34.3 Å². The number of nitrogens with zero attached hydrogens (tertiary/aromatic N) is 4. The van der Waals surface area contributed by atoms with Crippen molar-refractivity contribution in [1.82, 2.24) is 10.3 Å². The Morgan fingerprint density at radius 1 is 1.36 bits per heavy atom. The fraction of sp³-hybridized carbons (Fsp3) is 0.350. The van der Waals surface area contributed by atoms with Crippen molar-refractivity contribution in [2.45, 2.75) is 19.8 Å². The molecule has 0 atom stereocenters. The highest BCUT2D eigenvalue weighted by atomic mass is 16.6. The van der Waals surface area contributed by atoms with Crippen LogP contribution in [0.25, 0.3) is 0 Å². The van der Waals surface area contributed by atoms with Gasteiger partial charge >= 0.3 is 0 Å². The topological polar surface area (TPSA) is 112 Å². The average Bonchev–Trinajstić information content (AvgIpc) is 2.72. The quantitative estimate of drug-likeness (QED) is 0.631. The molecular weight excluding hydrogens is 358 g/mol. The van der Waals surface area contributed by atoms with Gasteiger partial charge in [-0.3, -0.25) is 14.9 Å². The molecule has 0 radical (unpaired) electrons. The van der Waals surface area contributed by atoms with Crippen LogP contribution in [0.4, 0.5) is 11.5 Å². The number of aromatic nitrogens is 1. The zero-order valence-electron chi connectivity index (χ0n) is 15.6. The molecule has 8 nitrogen and oxygen atoms in total. The third-order valence-corrected chi connectivity index (χ3v) is 5.12. The third-order valence-electron chi connectivity index (χ3n) is 5.12. The molecule has 0 saturated carbocycles. The largest absolute Gasteiger partial charge is 0.356 e. The van der Waals surface area contributed by atoms with Crippen molar-refractivity contribution in [1.29, 1.82) is 5.26 Å². The van der Waals surface area contributed by atoms with E-state index in [0.717, 1.165) is 25.9 Å². The second kappa shape index (κ2) is 8.48. The molecule has 3 rings (SSSR count). The lowest BCUT2D eigenvalue weighted by Gasteiger charge is -2.33. The van der Waals surface area contributed by atoms with Crippen LogP contribution in [0.5, 0.6) is 0 Å². The molecule has 2 aromatic rings. The van der Waals surface area contributed by atoms with E-state index in [4.69, 9.17) is 0 Å². The standard InChI is InChI=1S/C20H21N5O3/c1-14-17(5-2-6-18(14)25(27)28)20(26)23-13-15-7-10-24(11-8-15)19-16(12-21)4-3-9-22-19/h2-6,9,15H,7-8,10-11,13H2,1H3,(H,23,26). The van der Waals surface area contributed by atoms with E-state index < -0.39 is 4.92 Å². The number of carbonyl (C=O) groups excluding carboxylic acids is 1. The van der Waals surface area contributed by atoms with Crippen molar-refractivity contribution in [3.05, 3.63) is 63.3 Å². The summed E-state index contributed by atoms with van der Waals surface area (Å²) in [4.78, 5) is 29.4. The van der Waals surface area contributed by atoms with Gasteiger partial charge in [0.05, 0.1) is 10.5 Å². The number of carbonyl (C=O) groups is 1. The first-order valence-electron chi connectivity index (χ1n) is 9.13. The lowest BCUT2D eigenvalue weighted by atomic mass is 9.96. The Morgan fingerprint density at radius 2 is 2.11 bits per heavy atom. The Balaban J connectivity index is 1.56. The third kappa shape index (κ3) is 4.09. The highest BCUT2D eigenvalue weighted by Gasteiger charge is 2.23. The van der Waals surface area contributed by atoms with E-state index in [1.54, 1.807) is 31.3 Å². The Morgan fingerprint density at radius 3 is 2.79 bits per heavy atom. The van der Waals surface area contributed by atoms with Crippen LogP contribution in [0.1, 0.15) is 34.3 Å². The molecule has 1 fully saturated rings. The molecule has 2 heterocycles. The summed E-state index contributed by atoms with van der Waals surface area (Å²) in [5, 5.41) is 23.2. The average molecular weight is 379 g/mol. The molecule has 0 bridgehead atoms. The minimum atomic E-state index is -0.477. The number of nitrogens with one attached hydrogen (secondary N) is 1. The summed E-state index contributed by atoms with van der Waals surface area (Å²) in [5.74, 6) is 0.730. The molecular formula is C20H21N5O3. The molecule has 1 aliphatic heterocycles. The van der Waals surface area contributed by atoms with Crippen molar-refractivity contribution >= 4 is 17.4 Å². The van der Waals surface area contributed by atoms with Crippen LogP contribution in [-0.2, 0) is 0 Å². The van der Waals surface area contributed by atoms with E-state index in [2.05, 4.69) is 21.3 Å². The summed E-state index contributed by atoms with van der Waals surface area (Å²) in [5.41, 5.74) is 1.22. The van der Waals surface area contributed by atoms with Gasteiger partial charge in [-0.1, -0.05) is 6.07 Å². The summed E-state index contributed by atoms with van der Waals surface area (Å²) in [6.45, 7) is 3.64. The smallest absolute Gasteiger partial charge is 0.273 e. The van der Waals surface area contributed by atoms with Crippen LogP contribution in [-0.4, -0.2) is 35.4 Å². The predicted octanol–water partition coefficient (Wildman–Crippen LogP) is 2.82. The Kier molecular flexibility index (Phi) is 5.84. The fourth-order valence-electron chi connectivity index (χ4n) is 3.48. The fourth-order valence-corrected chi connectivity index (χ4v) is 3.48. The van der Waals surface area contributed by atoms with E-state index in [1.165, 1.54) is 12.1 Å². The van der Waals surface area contributed by atoms with Gasteiger partial charge < -0.3 is 10.2 Å². The first kappa shape index (κ1) is 19.3. The number of nitriles is 1. The number of nitro groups is 1. The normalized spacial score (nSPS) is 14.4. The monoisotopic (exact) mass is 379 g/mol. The van der Waals surface area contributed by atoms with Crippen LogP contribution >= 0.6 is 0 Å². The number of rotatable bonds is 5. The van der Waals surface area contributed by atoms with Gasteiger partial charge in [0.15, 0.2) is 0 Å². The van der Waals surface area contributed by atoms with Crippen molar-refractivity contribution < 1.29 is 9.72 Å². The molecule has 1 N–H and O–H groups in total. The molecule has 0 spiro atoms. The van der Waals surface area contributed by atoms with E-state index in [0.29, 0.717) is 35.0 Å². The number of anilines is 1. The number of nitro benzene ring substituents is 1. The molecule has 1 aliphatic rings. The van der Waals surface area contributed by atoms with Crippen molar-refractivity contribution in [2.75, 3.05) is 24.5 Å². The maximum Gasteiger partial charge on any atom is 0.273 e. The first-order chi connectivity index (χ1) is 13.5. The lowest BCUT2D eigenvalue weighted by molar-refractivity contribution is -0.385. The zero-order chi connectivity index (χ0) is 20.1. The van der Waals surface area contributed by atoms with Gasteiger partial charge in [0.2, 0.25) is 0 Å². The predicted molar refractivity (Wildman–Crippen MR) is 104 cm³/mol. The second-order valence-electron chi connectivity index (χ2n) is 6.83. The molecule has 0 aliphatic carbocycles. The number of amides is 1. The van der Waals surface area contributed by atoms with Crippen molar-refractivity contribution in [3.8, 4) is 6.07 Å². The Bertz CT molecular complexity index is 930. The molecule has 1 saturated heterocycles. The van der Waals surface area contributed by atoms with Gasteiger partial charge in [-0.15, -0.1) is 0 Å². The second-order valence-corrected chi connectivity index (χ2v) is 6.83. The van der Waals surface area contributed by atoms with Gasteiger partial charge in [-0.25, -0.2) is 4.98 Å². The lowest BCUT2D eigenvalue weighted by Crippen LogP contribution is -2.39. The number of benzene rings is 1. The zero-order valence-corrected chi connectivity index (χ0v) is 15.6. The van der Waals surface area contributed by atoms with Gasteiger partial charge in [-0.05, 0) is 43.9 Å². The van der Waals surface area contributed by atoms with E-state index in [-0.39, 0.29) is 11.6 Å². The highest BCUT2D eigenvalue weighted by molar-refractivity contribution is 5.96. The molecule has 1 aromatic heterocycles. The number of hydrogen-bond donors (Lipinski definition) is 1. The first-order valence-corrected chi connectivity index (χ1v) is 9.13. The minimum absolute atomic E-state index is 0.0513. The van der Waals surface area contributed by atoms with Crippen LogP contribution < -0.4 is 10.2 Å². The van der Waals surface area contributed by atoms with Crippen LogP contribution in [0.2, 0.25) is 0 Å². The van der Waals surface area contributed by atoms with Gasteiger partial charge in [-0.2, -0.15) is 5.26 Å². The summed E-state index contributed by atoms with van der Waals surface area (Å²) < 4.78 is 0. The Labute approximate surface area is 163 Å². The minimum Gasteiger partial charge on any atom is -0.356 e. The van der Waals surface area contributed by atoms with E-state index in [9.17, 15) is 20.2 Å². The summed E-state index contributed by atoms with van der Waals surface area (Å²) in [7, 11) is 0. The van der Waals surface area contributed by atoms with Crippen molar-refractivity contribution in [3.63, 3.8) is 0 Å². The molecule has 1 aromatic carbocycles. The highest BCUT2D eigenvalue weighted by Crippen LogP contribution is 2.24. The van der Waals surface area contributed by atoms with E-state index in [1.807, 2.05) is 0 Å². The summed E-state index contributed by atoms with van der Waals surface area (Å²) >= 11 is 0. The molecule has 8 heteroatoms. The molecule has 28 heavy (non-hydrogen) atoms. The molecule has 0 unspecified atom stereocenters. The molecule has 1 amide bonds.